The molecule has 0 bridgehead atoms. The third-order valence-electron chi connectivity index (χ3n) is 7.90. The minimum absolute atomic E-state index is 0.190. The highest BCUT2D eigenvalue weighted by atomic mass is 32.2. The number of anilines is 1. The molecule has 1 unspecified atom stereocenters. The molecule has 2 aromatic rings. The largest absolute Gasteiger partial charge is 0.543 e. The van der Waals surface area contributed by atoms with E-state index in [2.05, 4.69) is 6.07 Å². The topological polar surface area (TPSA) is 122 Å². The van der Waals surface area contributed by atoms with E-state index < -0.39 is 45.9 Å². The van der Waals surface area contributed by atoms with Crippen LogP contribution < -0.4 is 14.3 Å². The van der Waals surface area contributed by atoms with Crippen LogP contribution in [-0.4, -0.2) is 56.0 Å². The van der Waals surface area contributed by atoms with Gasteiger partial charge in [-0.05, 0) is 30.0 Å². The van der Waals surface area contributed by atoms with Crippen LogP contribution >= 0.6 is 0 Å². The van der Waals surface area contributed by atoms with Crippen LogP contribution in [0.3, 0.4) is 0 Å². The number of carbonyl (C=O) groups excluding carboxylic acids is 2. The summed E-state index contributed by atoms with van der Waals surface area (Å²) in [5.74, 6) is -3.15. The lowest BCUT2D eigenvalue weighted by Gasteiger charge is -2.47. The molecule has 4 aliphatic rings. The van der Waals surface area contributed by atoms with E-state index in [4.69, 9.17) is 0 Å². The zero-order valence-electron chi connectivity index (χ0n) is 19.0. The molecule has 34 heavy (non-hydrogen) atoms. The molecule has 178 valence electrons. The molecule has 10 heteroatoms. The SMILES string of the molecule is C[C@@H](O)[C@H]1C(=O)N2C(C(=O)[O-])=C(CN3c4cccc5cc6c(c(c45)S3(=O)=O)C[NH+](C)C6)[C@H](C)[C@H]12. The van der Waals surface area contributed by atoms with Crippen molar-refractivity contribution in [3.63, 3.8) is 0 Å². The average Bonchev–Trinajstić information content (AvgIpc) is 3.31. The summed E-state index contributed by atoms with van der Waals surface area (Å²) in [6, 6.07) is 6.97. The van der Waals surface area contributed by atoms with Crippen molar-refractivity contribution in [2.24, 2.45) is 11.8 Å². The third-order valence-corrected chi connectivity index (χ3v) is 9.78. The van der Waals surface area contributed by atoms with E-state index >= 15 is 0 Å². The lowest BCUT2D eigenvalue weighted by molar-refractivity contribution is -0.900. The summed E-state index contributed by atoms with van der Waals surface area (Å²) in [5.41, 5.74) is 2.41. The molecule has 2 aromatic carbocycles. The second-order valence-corrected chi connectivity index (χ2v) is 11.8. The van der Waals surface area contributed by atoms with E-state index in [0.29, 0.717) is 28.1 Å². The number of carbonyl (C=O) groups is 2. The van der Waals surface area contributed by atoms with E-state index in [1.807, 2.05) is 13.1 Å². The lowest BCUT2D eigenvalue weighted by Crippen LogP contribution is -3.04. The van der Waals surface area contributed by atoms with Gasteiger partial charge in [-0.15, -0.1) is 0 Å². The Labute approximate surface area is 196 Å². The monoisotopic (exact) mass is 483 g/mol. The van der Waals surface area contributed by atoms with E-state index in [0.717, 1.165) is 23.1 Å². The minimum atomic E-state index is -3.95. The molecule has 0 aliphatic carbocycles. The highest BCUT2D eigenvalue weighted by molar-refractivity contribution is 7.93. The van der Waals surface area contributed by atoms with Gasteiger partial charge in [0.15, 0.2) is 0 Å². The number of carboxylic acid groups (broad SMARTS) is 1. The Hall–Kier alpha value is -2.95. The molecule has 0 aromatic heterocycles. The molecule has 9 nitrogen and oxygen atoms in total. The van der Waals surface area contributed by atoms with Gasteiger partial charge < -0.3 is 24.8 Å². The normalized spacial score (nSPS) is 29.5. The fraction of sp³-hybridized carbons (Fsp3) is 0.417. The number of quaternary nitrogens is 1. The Kier molecular flexibility index (Phi) is 4.32. The van der Waals surface area contributed by atoms with E-state index in [1.165, 1.54) is 21.0 Å². The number of benzene rings is 2. The van der Waals surface area contributed by atoms with Crippen molar-refractivity contribution in [1.82, 2.24) is 4.90 Å². The number of aliphatic hydroxyl groups excluding tert-OH is 1. The highest BCUT2D eigenvalue weighted by Gasteiger charge is 2.59. The summed E-state index contributed by atoms with van der Waals surface area (Å²) in [4.78, 5) is 27.4. The molecular weight excluding hydrogens is 458 g/mol. The van der Waals surface area contributed by atoms with E-state index in [-0.39, 0.29) is 12.2 Å². The number of β-lactam (4-membered cyclic amide) rings is 1. The number of fused-ring (bicyclic) bond motifs is 3. The predicted molar refractivity (Wildman–Crippen MR) is 120 cm³/mol. The molecule has 4 aliphatic heterocycles. The second-order valence-electron chi connectivity index (χ2n) is 9.96. The molecule has 0 spiro atoms. The maximum absolute atomic E-state index is 13.9. The number of aliphatic hydroxyl groups is 1. The van der Waals surface area contributed by atoms with Gasteiger partial charge in [0.2, 0.25) is 5.91 Å². The summed E-state index contributed by atoms with van der Waals surface area (Å²) >= 11 is 0. The van der Waals surface area contributed by atoms with Crippen molar-refractivity contribution in [2.75, 3.05) is 17.9 Å². The summed E-state index contributed by atoms with van der Waals surface area (Å²) in [6.07, 6.45) is -0.936. The fourth-order valence-electron chi connectivity index (χ4n) is 6.44. The number of carboxylic acids is 1. The Balaban J connectivity index is 1.49. The van der Waals surface area contributed by atoms with Gasteiger partial charge in [0, 0.05) is 22.4 Å². The number of nitrogens with zero attached hydrogens (tertiary/aromatic N) is 2. The van der Waals surface area contributed by atoms with Gasteiger partial charge in [0.1, 0.15) is 18.0 Å². The molecule has 1 fully saturated rings. The van der Waals surface area contributed by atoms with Crippen LogP contribution in [0.1, 0.15) is 25.0 Å². The number of nitrogens with one attached hydrogen (secondary N) is 1. The Bertz CT molecular complexity index is 1450. The highest BCUT2D eigenvalue weighted by Crippen LogP contribution is 2.50. The van der Waals surface area contributed by atoms with Gasteiger partial charge in [-0.2, -0.15) is 0 Å². The quantitative estimate of drug-likeness (QED) is 0.524. The molecule has 0 saturated carbocycles. The number of amides is 1. The first kappa shape index (κ1) is 21.6. The van der Waals surface area contributed by atoms with Crippen LogP contribution in [0.2, 0.25) is 0 Å². The van der Waals surface area contributed by atoms with Crippen molar-refractivity contribution in [3.05, 3.63) is 46.7 Å². The molecule has 1 saturated heterocycles. The molecule has 5 atom stereocenters. The molecular formula is C24H25N3O6S. The number of rotatable bonds is 4. The molecule has 2 N–H and O–H groups in total. The summed E-state index contributed by atoms with van der Waals surface area (Å²) in [5, 5.41) is 23.7. The maximum atomic E-state index is 13.9. The van der Waals surface area contributed by atoms with Crippen LogP contribution in [0.5, 0.6) is 0 Å². The molecule has 6 rings (SSSR count). The first-order valence-corrected chi connectivity index (χ1v) is 12.8. The zero-order chi connectivity index (χ0) is 24.3. The number of aliphatic carboxylic acids is 1. The minimum Gasteiger partial charge on any atom is -0.543 e. The van der Waals surface area contributed by atoms with Crippen molar-refractivity contribution in [3.8, 4) is 0 Å². The van der Waals surface area contributed by atoms with Crippen molar-refractivity contribution in [1.29, 1.82) is 0 Å². The van der Waals surface area contributed by atoms with Crippen LogP contribution in [0.25, 0.3) is 10.8 Å². The Morgan fingerprint density at radius 1 is 1.32 bits per heavy atom. The van der Waals surface area contributed by atoms with Crippen LogP contribution in [-0.2, 0) is 32.7 Å². The van der Waals surface area contributed by atoms with Crippen molar-refractivity contribution < 1.29 is 33.1 Å². The Morgan fingerprint density at radius 2 is 2.06 bits per heavy atom. The van der Waals surface area contributed by atoms with Crippen LogP contribution in [0, 0.1) is 11.8 Å². The standard InChI is InChI=1S/C24H25N3O6S/c1-11-15(21(24(30)31)27-20(11)18(12(2)28)23(27)29)10-26-17-6-4-5-13-7-14-8-25(3)9-16(14)22(19(13)17)34(26,32)33/h4-7,11-12,18,20,28H,8-10H2,1-3H3,(H,30,31)/t11-,12+,18+,20+/m0/s1. The smallest absolute Gasteiger partial charge is 0.265 e. The van der Waals surface area contributed by atoms with Crippen LogP contribution in [0.15, 0.2) is 40.4 Å². The number of hydrogen-bond acceptors (Lipinski definition) is 6. The van der Waals surface area contributed by atoms with Crippen molar-refractivity contribution in [2.45, 2.75) is 44.0 Å². The van der Waals surface area contributed by atoms with Gasteiger partial charge >= 0.3 is 0 Å². The van der Waals surface area contributed by atoms with Gasteiger partial charge in [0.25, 0.3) is 10.0 Å². The van der Waals surface area contributed by atoms with E-state index in [1.54, 1.807) is 19.1 Å². The maximum Gasteiger partial charge on any atom is 0.265 e. The van der Waals surface area contributed by atoms with Gasteiger partial charge in [-0.25, -0.2) is 8.42 Å². The second kappa shape index (κ2) is 6.80. The van der Waals surface area contributed by atoms with E-state index in [9.17, 15) is 28.2 Å². The first-order chi connectivity index (χ1) is 16.0. The third kappa shape index (κ3) is 2.53. The first-order valence-electron chi connectivity index (χ1n) is 11.4. The van der Waals surface area contributed by atoms with Gasteiger partial charge in [-0.1, -0.05) is 19.1 Å². The summed E-state index contributed by atoms with van der Waals surface area (Å²) in [7, 11) is -1.92. The van der Waals surface area contributed by atoms with Gasteiger partial charge in [-0.3, -0.25) is 9.10 Å². The van der Waals surface area contributed by atoms with Crippen LogP contribution in [0.4, 0.5) is 5.69 Å². The number of hydrogen-bond donors (Lipinski definition) is 2. The summed E-state index contributed by atoms with van der Waals surface area (Å²) < 4.78 is 29.1. The summed E-state index contributed by atoms with van der Waals surface area (Å²) in [6.45, 7) is 4.44. The average molecular weight is 484 g/mol. The lowest BCUT2D eigenvalue weighted by atomic mass is 9.78. The molecule has 4 heterocycles. The zero-order valence-corrected chi connectivity index (χ0v) is 19.8. The fourth-order valence-corrected chi connectivity index (χ4v) is 8.37. The number of sulfonamides is 1. The molecule has 1 amide bonds. The molecule has 0 radical (unpaired) electrons. The van der Waals surface area contributed by atoms with Crippen molar-refractivity contribution >= 4 is 38.4 Å². The predicted octanol–water partition coefficient (Wildman–Crippen LogP) is -1.26. The Morgan fingerprint density at radius 3 is 2.74 bits per heavy atom. The van der Waals surface area contributed by atoms with Gasteiger partial charge in [0.05, 0.1) is 49.0 Å².